The maximum absolute atomic E-state index is 5.41. The second-order valence-electron chi connectivity index (χ2n) is 3.41. The minimum atomic E-state index is -0.00231. The van der Waals surface area contributed by atoms with Crippen LogP contribution in [0.5, 0.6) is 0 Å². The monoisotopic (exact) mass is 170 g/mol. The maximum Gasteiger partial charge on any atom is 0.199 e. The SMILES string of the molecule is CCOC1CCC(C(C)C)=CO1. The van der Waals surface area contributed by atoms with Crippen LogP contribution < -0.4 is 0 Å². The van der Waals surface area contributed by atoms with Gasteiger partial charge in [-0.15, -0.1) is 0 Å². The van der Waals surface area contributed by atoms with E-state index in [2.05, 4.69) is 13.8 Å². The van der Waals surface area contributed by atoms with Gasteiger partial charge in [-0.3, -0.25) is 0 Å². The van der Waals surface area contributed by atoms with E-state index in [-0.39, 0.29) is 6.29 Å². The first-order valence-electron chi connectivity index (χ1n) is 4.70. The first kappa shape index (κ1) is 9.59. The Balaban J connectivity index is 2.37. The summed E-state index contributed by atoms with van der Waals surface area (Å²) in [4.78, 5) is 0. The molecule has 0 saturated carbocycles. The van der Waals surface area contributed by atoms with Crippen molar-refractivity contribution >= 4 is 0 Å². The average molecular weight is 170 g/mol. The standard InChI is InChI=1S/C10H18O2/c1-4-11-10-6-5-9(7-12-10)8(2)3/h7-8,10H,4-6H2,1-3H3. The third-order valence-electron chi connectivity index (χ3n) is 2.13. The van der Waals surface area contributed by atoms with E-state index in [0.717, 1.165) is 19.4 Å². The van der Waals surface area contributed by atoms with Crippen molar-refractivity contribution in [1.82, 2.24) is 0 Å². The van der Waals surface area contributed by atoms with Crippen LogP contribution in [-0.4, -0.2) is 12.9 Å². The first-order chi connectivity index (χ1) is 5.74. The molecule has 0 amide bonds. The van der Waals surface area contributed by atoms with E-state index < -0.39 is 0 Å². The minimum absolute atomic E-state index is 0.00231. The van der Waals surface area contributed by atoms with Crippen molar-refractivity contribution in [2.24, 2.45) is 5.92 Å². The summed E-state index contributed by atoms with van der Waals surface area (Å²) in [7, 11) is 0. The highest BCUT2D eigenvalue weighted by molar-refractivity contribution is 5.03. The van der Waals surface area contributed by atoms with Crippen molar-refractivity contribution in [2.45, 2.75) is 39.9 Å². The highest BCUT2D eigenvalue weighted by Gasteiger charge is 2.16. The Morgan fingerprint density at radius 1 is 1.67 bits per heavy atom. The van der Waals surface area contributed by atoms with Gasteiger partial charge in [0.15, 0.2) is 6.29 Å². The molecule has 1 unspecified atom stereocenters. The van der Waals surface area contributed by atoms with Crippen LogP contribution in [0.25, 0.3) is 0 Å². The van der Waals surface area contributed by atoms with Crippen molar-refractivity contribution in [1.29, 1.82) is 0 Å². The second-order valence-corrected chi connectivity index (χ2v) is 3.41. The number of allylic oxidation sites excluding steroid dienone is 1. The number of ether oxygens (including phenoxy) is 2. The lowest BCUT2D eigenvalue weighted by Crippen LogP contribution is -2.19. The molecule has 2 nitrogen and oxygen atoms in total. The molecule has 0 fully saturated rings. The molecule has 0 radical (unpaired) electrons. The van der Waals surface area contributed by atoms with Crippen LogP contribution in [0.3, 0.4) is 0 Å². The first-order valence-corrected chi connectivity index (χ1v) is 4.70. The summed E-state index contributed by atoms with van der Waals surface area (Å²) >= 11 is 0. The summed E-state index contributed by atoms with van der Waals surface area (Å²) < 4.78 is 10.8. The molecule has 0 aromatic heterocycles. The molecule has 2 heteroatoms. The Bertz CT molecular complexity index is 161. The van der Waals surface area contributed by atoms with Gasteiger partial charge in [0.25, 0.3) is 0 Å². The molecular formula is C10H18O2. The fourth-order valence-corrected chi connectivity index (χ4v) is 1.31. The highest BCUT2D eigenvalue weighted by Crippen LogP contribution is 2.23. The normalized spacial score (nSPS) is 23.7. The van der Waals surface area contributed by atoms with Gasteiger partial charge in [0.1, 0.15) is 0 Å². The van der Waals surface area contributed by atoms with Gasteiger partial charge in [-0.05, 0) is 24.8 Å². The van der Waals surface area contributed by atoms with Crippen LogP contribution in [0.15, 0.2) is 11.8 Å². The van der Waals surface area contributed by atoms with Gasteiger partial charge in [0.2, 0.25) is 0 Å². The molecule has 70 valence electrons. The van der Waals surface area contributed by atoms with E-state index in [1.165, 1.54) is 5.57 Å². The highest BCUT2D eigenvalue weighted by atomic mass is 16.7. The molecule has 12 heavy (non-hydrogen) atoms. The Morgan fingerprint density at radius 2 is 2.42 bits per heavy atom. The van der Waals surface area contributed by atoms with Crippen molar-refractivity contribution in [2.75, 3.05) is 6.61 Å². The van der Waals surface area contributed by atoms with E-state index in [9.17, 15) is 0 Å². The van der Waals surface area contributed by atoms with Gasteiger partial charge in [-0.25, -0.2) is 0 Å². The molecule has 0 aromatic carbocycles. The number of rotatable bonds is 3. The largest absolute Gasteiger partial charge is 0.473 e. The summed E-state index contributed by atoms with van der Waals surface area (Å²) in [6.07, 6.45) is 3.98. The molecule has 1 aliphatic rings. The van der Waals surface area contributed by atoms with Crippen molar-refractivity contribution in [3.63, 3.8) is 0 Å². The molecule has 0 bridgehead atoms. The fraction of sp³-hybridized carbons (Fsp3) is 0.800. The van der Waals surface area contributed by atoms with Crippen LogP contribution in [0, 0.1) is 5.92 Å². The lowest BCUT2D eigenvalue weighted by atomic mass is 9.98. The van der Waals surface area contributed by atoms with E-state index in [0.29, 0.717) is 5.92 Å². The van der Waals surface area contributed by atoms with Crippen LogP contribution in [-0.2, 0) is 9.47 Å². The molecule has 1 atom stereocenters. The summed E-state index contributed by atoms with van der Waals surface area (Å²) in [6.45, 7) is 7.10. The molecule has 0 N–H and O–H groups in total. The molecule has 1 rings (SSSR count). The van der Waals surface area contributed by atoms with E-state index in [1.54, 1.807) is 0 Å². The number of hydrogen-bond acceptors (Lipinski definition) is 2. The van der Waals surface area contributed by atoms with Crippen LogP contribution in [0.2, 0.25) is 0 Å². The third-order valence-corrected chi connectivity index (χ3v) is 2.13. The fourth-order valence-electron chi connectivity index (χ4n) is 1.31. The second kappa shape index (κ2) is 4.51. The van der Waals surface area contributed by atoms with Gasteiger partial charge in [-0.1, -0.05) is 13.8 Å². The third kappa shape index (κ3) is 2.52. The lowest BCUT2D eigenvalue weighted by molar-refractivity contribution is -0.113. The van der Waals surface area contributed by atoms with E-state index in [1.807, 2.05) is 13.2 Å². The predicted molar refractivity (Wildman–Crippen MR) is 48.7 cm³/mol. The Morgan fingerprint density at radius 3 is 2.83 bits per heavy atom. The molecule has 1 aliphatic heterocycles. The lowest BCUT2D eigenvalue weighted by Gasteiger charge is -2.24. The van der Waals surface area contributed by atoms with Gasteiger partial charge >= 0.3 is 0 Å². The maximum atomic E-state index is 5.41. The van der Waals surface area contributed by atoms with Gasteiger partial charge in [-0.2, -0.15) is 0 Å². The topological polar surface area (TPSA) is 18.5 Å². The molecular weight excluding hydrogens is 152 g/mol. The molecule has 0 spiro atoms. The predicted octanol–water partition coefficient (Wildman–Crippen LogP) is 2.70. The average Bonchev–Trinajstić information content (AvgIpc) is 2.06. The van der Waals surface area contributed by atoms with Crippen LogP contribution >= 0.6 is 0 Å². The zero-order valence-corrected chi connectivity index (χ0v) is 8.17. The summed E-state index contributed by atoms with van der Waals surface area (Å²) in [5.74, 6) is 0.604. The molecule has 0 aromatic rings. The van der Waals surface area contributed by atoms with Crippen molar-refractivity contribution < 1.29 is 9.47 Å². The zero-order valence-electron chi connectivity index (χ0n) is 8.17. The van der Waals surface area contributed by atoms with Crippen LogP contribution in [0.4, 0.5) is 0 Å². The van der Waals surface area contributed by atoms with Crippen molar-refractivity contribution in [3.05, 3.63) is 11.8 Å². The zero-order chi connectivity index (χ0) is 8.97. The summed E-state index contributed by atoms with van der Waals surface area (Å²) in [6, 6.07) is 0. The molecule has 1 heterocycles. The van der Waals surface area contributed by atoms with Crippen molar-refractivity contribution in [3.8, 4) is 0 Å². The van der Waals surface area contributed by atoms with Gasteiger partial charge in [0, 0.05) is 13.0 Å². The number of hydrogen-bond donors (Lipinski definition) is 0. The summed E-state index contributed by atoms with van der Waals surface area (Å²) in [5, 5.41) is 0. The minimum Gasteiger partial charge on any atom is -0.473 e. The Labute approximate surface area is 74.6 Å². The summed E-state index contributed by atoms with van der Waals surface area (Å²) in [5.41, 5.74) is 1.39. The smallest absolute Gasteiger partial charge is 0.199 e. The Hall–Kier alpha value is -0.500. The van der Waals surface area contributed by atoms with Gasteiger partial charge < -0.3 is 9.47 Å². The van der Waals surface area contributed by atoms with Crippen LogP contribution in [0.1, 0.15) is 33.6 Å². The van der Waals surface area contributed by atoms with E-state index >= 15 is 0 Å². The molecule has 0 saturated heterocycles. The van der Waals surface area contributed by atoms with E-state index in [4.69, 9.17) is 9.47 Å². The molecule has 0 aliphatic carbocycles. The van der Waals surface area contributed by atoms with Gasteiger partial charge in [0.05, 0.1) is 6.26 Å². The Kier molecular flexibility index (Phi) is 3.60. The quantitative estimate of drug-likeness (QED) is 0.648.